The normalized spacial score (nSPS) is 38.4. The molecule has 2 saturated carbocycles. The average molecular weight is 579 g/mol. The van der Waals surface area contributed by atoms with E-state index in [1.807, 2.05) is 0 Å². The zero-order valence-electron chi connectivity index (χ0n) is 21.1. The predicted octanol–water partition coefficient (Wildman–Crippen LogP) is 7.92. The number of nitrogens with zero attached hydrogens (tertiary/aromatic N) is 2. The Bertz CT molecular complexity index is 610. The zero-order valence-corrected chi connectivity index (χ0v) is 25.3. The first-order valence-corrected chi connectivity index (χ1v) is 17.6. The largest absolute Gasteiger partial charge is 0.418 e. The minimum atomic E-state index is -1.47. The first-order chi connectivity index (χ1) is 14.4. The van der Waals surface area contributed by atoms with Gasteiger partial charge >= 0.3 is 0 Å². The van der Waals surface area contributed by atoms with Crippen molar-refractivity contribution in [1.82, 2.24) is 0 Å². The number of hydrogen-bond acceptors (Lipinski definition) is 3. The van der Waals surface area contributed by atoms with Gasteiger partial charge < -0.3 is 4.43 Å². The van der Waals surface area contributed by atoms with Crippen LogP contribution in [0, 0.1) is 23.7 Å². The number of alkyl halides is 2. The van der Waals surface area contributed by atoms with Crippen LogP contribution in [0.15, 0.2) is 9.98 Å². The molecule has 180 valence electrons. The van der Waals surface area contributed by atoms with E-state index in [1.54, 1.807) is 0 Å². The highest BCUT2D eigenvalue weighted by Gasteiger charge is 2.34. The summed E-state index contributed by atoms with van der Waals surface area (Å²) in [5.74, 6) is 2.44. The van der Waals surface area contributed by atoms with Crippen molar-refractivity contribution in [2.24, 2.45) is 33.7 Å². The van der Waals surface area contributed by atoms with Gasteiger partial charge in [0.05, 0.1) is 23.5 Å². The third kappa shape index (κ3) is 8.97. The molecule has 0 aliphatic heterocycles. The van der Waals surface area contributed by atoms with E-state index < -0.39 is 8.32 Å². The molecule has 2 aliphatic carbocycles. The van der Waals surface area contributed by atoms with E-state index in [2.05, 4.69) is 86.1 Å². The molecule has 0 radical (unpaired) electrons. The molecular weight excluding hydrogens is 532 g/mol. The number of hydrogen-bond donors (Lipinski definition) is 0. The van der Waals surface area contributed by atoms with Crippen LogP contribution in [0.2, 0.25) is 19.6 Å². The summed E-state index contributed by atoms with van der Waals surface area (Å²) >= 11 is 7.70. The monoisotopic (exact) mass is 576 g/mol. The van der Waals surface area contributed by atoms with Gasteiger partial charge in [0.2, 0.25) is 0 Å². The van der Waals surface area contributed by atoms with Crippen molar-refractivity contribution >= 4 is 51.6 Å². The Hall–Kier alpha value is 0.477. The van der Waals surface area contributed by atoms with Crippen LogP contribution < -0.4 is 0 Å². The lowest BCUT2D eigenvalue weighted by Gasteiger charge is -2.36. The SMILES string of the molecule is CC(=NC1C(C)CC(Br)CC1C)C(CCCO[Si](C)(C)C)=NC1C(C)CC(Br)CC1C. The second kappa shape index (κ2) is 12.3. The first-order valence-electron chi connectivity index (χ1n) is 12.4. The number of halogens is 2. The molecule has 0 heterocycles. The van der Waals surface area contributed by atoms with Gasteiger partial charge in [-0.2, -0.15) is 0 Å². The Balaban J connectivity index is 2.21. The van der Waals surface area contributed by atoms with Crippen molar-refractivity contribution in [1.29, 1.82) is 0 Å². The Morgan fingerprint density at radius 1 is 0.806 bits per heavy atom. The maximum absolute atomic E-state index is 6.13. The smallest absolute Gasteiger partial charge is 0.183 e. The van der Waals surface area contributed by atoms with Crippen molar-refractivity contribution in [3.8, 4) is 0 Å². The summed E-state index contributed by atoms with van der Waals surface area (Å²) in [6.07, 6.45) is 6.86. The van der Waals surface area contributed by atoms with Gasteiger partial charge in [-0.05, 0) is 88.8 Å². The predicted molar refractivity (Wildman–Crippen MR) is 147 cm³/mol. The fourth-order valence-electron chi connectivity index (χ4n) is 5.43. The summed E-state index contributed by atoms with van der Waals surface area (Å²) in [6.45, 7) is 19.3. The molecule has 0 aromatic carbocycles. The van der Waals surface area contributed by atoms with E-state index in [9.17, 15) is 0 Å². The van der Waals surface area contributed by atoms with Crippen LogP contribution in [0.5, 0.6) is 0 Å². The molecule has 0 saturated heterocycles. The van der Waals surface area contributed by atoms with Crippen LogP contribution in [0.3, 0.4) is 0 Å². The topological polar surface area (TPSA) is 34.0 Å². The van der Waals surface area contributed by atoms with Gasteiger partial charge in [-0.3, -0.25) is 9.98 Å². The highest BCUT2D eigenvalue weighted by molar-refractivity contribution is 9.09. The Morgan fingerprint density at radius 3 is 1.65 bits per heavy atom. The quantitative estimate of drug-likeness (QED) is 0.125. The molecule has 31 heavy (non-hydrogen) atoms. The summed E-state index contributed by atoms with van der Waals surface area (Å²) in [7, 11) is -1.47. The Labute approximate surface area is 210 Å². The molecule has 2 rings (SSSR count). The van der Waals surface area contributed by atoms with Crippen LogP contribution >= 0.6 is 31.9 Å². The highest BCUT2D eigenvalue weighted by atomic mass is 79.9. The fourth-order valence-corrected chi connectivity index (χ4v) is 8.54. The van der Waals surface area contributed by atoms with Crippen LogP contribution in [-0.2, 0) is 4.43 Å². The van der Waals surface area contributed by atoms with Crippen LogP contribution in [0.25, 0.3) is 0 Å². The number of rotatable bonds is 8. The summed E-state index contributed by atoms with van der Waals surface area (Å²) in [5, 5.41) is 0. The molecule has 4 atom stereocenters. The van der Waals surface area contributed by atoms with Gasteiger partial charge in [0.1, 0.15) is 0 Å². The molecule has 3 nitrogen and oxygen atoms in total. The molecule has 0 bridgehead atoms. The molecule has 2 fully saturated rings. The van der Waals surface area contributed by atoms with Gasteiger partial charge in [-0.15, -0.1) is 0 Å². The Kier molecular flexibility index (Phi) is 11.0. The van der Waals surface area contributed by atoms with Gasteiger partial charge in [-0.1, -0.05) is 59.6 Å². The van der Waals surface area contributed by atoms with Gasteiger partial charge in [0, 0.05) is 16.3 Å². The minimum absolute atomic E-state index is 0.403. The van der Waals surface area contributed by atoms with Gasteiger partial charge in [-0.25, -0.2) is 0 Å². The molecule has 0 amide bonds. The van der Waals surface area contributed by atoms with Crippen molar-refractivity contribution in [3.05, 3.63) is 0 Å². The molecule has 0 N–H and O–H groups in total. The van der Waals surface area contributed by atoms with Crippen LogP contribution in [-0.4, -0.2) is 48.1 Å². The molecule has 6 heteroatoms. The van der Waals surface area contributed by atoms with Crippen molar-refractivity contribution < 1.29 is 4.43 Å². The zero-order chi connectivity index (χ0) is 23.3. The molecule has 2 aliphatic rings. The Morgan fingerprint density at radius 2 is 1.23 bits per heavy atom. The van der Waals surface area contributed by atoms with Crippen molar-refractivity contribution in [2.75, 3.05) is 6.61 Å². The lowest BCUT2D eigenvalue weighted by atomic mass is 9.78. The van der Waals surface area contributed by atoms with E-state index in [-0.39, 0.29) is 0 Å². The third-order valence-electron chi connectivity index (χ3n) is 7.00. The number of aliphatic imine (C=N–C) groups is 2. The molecule has 0 aromatic heterocycles. The van der Waals surface area contributed by atoms with E-state index in [0.29, 0.717) is 45.4 Å². The van der Waals surface area contributed by atoms with Crippen molar-refractivity contribution in [3.63, 3.8) is 0 Å². The maximum atomic E-state index is 6.13. The highest BCUT2D eigenvalue weighted by Crippen LogP contribution is 2.37. The third-order valence-corrected chi connectivity index (χ3v) is 9.57. The van der Waals surface area contributed by atoms with E-state index in [1.165, 1.54) is 37.1 Å². The summed E-state index contributed by atoms with van der Waals surface area (Å²) in [5.41, 5.74) is 2.40. The lowest BCUT2D eigenvalue weighted by Crippen LogP contribution is -2.36. The molecular formula is C25H46Br2N2OSi. The lowest BCUT2D eigenvalue weighted by molar-refractivity contribution is 0.260. The summed E-state index contributed by atoms with van der Waals surface area (Å²) in [6, 6.07) is 0.811. The van der Waals surface area contributed by atoms with Crippen LogP contribution in [0.4, 0.5) is 0 Å². The standard InChI is InChI=1S/C25H46Br2N2OSi/c1-16-12-21(26)13-17(2)24(16)28-20(5)23(10-9-11-30-31(6,7)8)29-25-18(3)14-22(27)15-19(25)4/h16-19,21-22,24-25H,9-15H2,1-8H3. The fraction of sp³-hybridized carbons (Fsp3) is 0.920. The van der Waals surface area contributed by atoms with Crippen LogP contribution in [0.1, 0.15) is 73.1 Å². The molecule has 0 spiro atoms. The summed E-state index contributed by atoms with van der Waals surface area (Å²) < 4.78 is 6.13. The van der Waals surface area contributed by atoms with Gasteiger partial charge in [0.25, 0.3) is 0 Å². The van der Waals surface area contributed by atoms with E-state index >= 15 is 0 Å². The minimum Gasteiger partial charge on any atom is -0.418 e. The summed E-state index contributed by atoms with van der Waals surface area (Å²) in [4.78, 5) is 12.0. The second-order valence-electron chi connectivity index (χ2n) is 11.4. The van der Waals surface area contributed by atoms with E-state index in [0.717, 1.165) is 19.4 Å². The van der Waals surface area contributed by atoms with Gasteiger partial charge in [0.15, 0.2) is 8.32 Å². The second-order valence-corrected chi connectivity index (χ2v) is 18.5. The molecule has 4 unspecified atom stereocenters. The average Bonchev–Trinajstić information content (AvgIpc) is 2.61. The van der Waals surface area contributed by atoms with Crippen molar-refractivity contribution in [2.45, 2.75) is 115 Å². The first kappa shape index (κ1) is 27.7. The molecule has 0 aromatic rings. The maximum Gasteiger partial charge on any atom is 0.183 e. The van der Waals surface area contributed by atoms with E-state index in [4.69, 9.17) is 14.4 Å².